The van der Waals surface area contributed by atoms with Gasteiger partial charge in [-0.1, -0.05) is 44.5 Å². The molecule has 6 heteroatoms. The third-order valence-electron chi connectivity index (χ3n) is 3.42. The quantitative estimate of drug-likeness (QED) is 0.554. The summed E-state index contributed by atoms with van der Waals surface area (Å²) in [6.07, 6.45) is 2.60. The molecule has 0 amide bonds. The minimum atomic E-state index is -0.472. The van der Waals surface area contributed by atoms with Gasteiger partial charge in [0.1, 0.15) is 22.6 Å². The van der Waals surface area contributed by atoms with Crippen LogP contribution < -0.4 is 0 Å². The molecule has 6 nitrogen and oxygen atoms in total. The van der Waals surface area contributed by atoms with Gasteiger partial charge in [-0.3, -0.25) is 0 Å². The van der Waals surface area contributed by atoms with Crippen molar-refractivity contribution in [3.8, 4) is 11.5 Å². The zero-order valence-electron chi connectivity index (χ0n) is 15.7. The number of phenols is 2. The Labute approximate surface area is 159 Å². The van der Waals surface area contributed by atoms with E-state index in [2.05, 4.69) is 0 Å². The first kappa shape index (κ1) is 22.0. The molecular formula is C21H26O6. The van der Waals surface area contributed by atoms with E-state index < -0.39 is 11.9 Å². The average molecular weight is 374 g/mol. The van der Waals surface area contributed by atoms with Crippen LogP contribution in [0.25, 0.3) is 0 Å². The number of carbonyl (C=O) groups is 2. The molecule has 0 unspecified atom stereocenters. The van der Waals surface area contributed by atoms with Crippen LogP contribution in [-0.4, -0.2) is 35.4 Å². The fourth-order valence-corrected chi connectivity index (χ4v) is 1.95. The molecule has 0 saturated heterocycles. The Morgan fingerprint density at radius 2 is 1.19 bits per heavy atom. The van der Waals surface area contributed by atoms with Gasteiger partial charge in [0.25, 0.3) is 0 Å². The Morgan fingerprint density at radius 3 is 1.59 bits per heavy atom. The highest BCUT2D eigenvalue weighted by molar-refractivity contribution is 5.92. The molecule has 146 valence electrons. The molecule has 0 spiro atoms. The van der Waals surface area contributed by atoms with E-state index in [1.165, 1.54) is 18.2 Å². The molecule has 27 heavy (non-hydrogen) atoms. The lowest BCUT2D eigenvalue weighted by atomic mass is 10.2. The van der Waals surface area contributed by atoms with Gasteiger partial charge in [0, 0.05) is 0 Å². The summed E-state index contributed by atoms with van der Waals surface area (Å²) in [5.74, 6) is -1.01. The van der Waals surface area contributed by atoms with E-state index >= 15 is 0 Å². The first-order chi connectivity index (χ1) is 13.0. The number of ether oxygens (including phenoxy) is 2. The fourth-order valence-electron chi connectivity index (χ4n) is 1.95. The SMILES string of the molecule is CCCCOC(=O)c1ccccc1O.CCCOC(=O)c1ccccc1O. The Hall–Kier alpha value is -3.02. The number of rotatable bonds is 7. The van der Waals surface area contributed by atoms with E-state index in [9.17, 15) is 19.8 Å². The molecule has 0 aliphatic rings. The number of para-hydroxylation sites is 2. The molecular weight excluding hydrogens is 348 g/mol. The van der Waals surface area contributed by atoms with Gasteiger partial charge in [0.15, 0.2) is 0 Å². The molecule has 0 fully saturated rings. The van der Waals surface area contributed by atoms with Crippen molar-refractivity contribution >= 4 is 11.9 Å². The second-order valence-corrected chi connectivity index (χ2v) is 5.66. The molecule has 0 aliphatic heterocycles. The van der Waals surface area contributed by atoms with Crippen LogP contribution in [0.1, 0.15) is 53.8 Å². The highest BCUT2D eigenvalue weighted by Gasteiger charge is 2.11. The van der Waals surface area contributed by atoms with Crippen LogP contribution in [-0.2, 0) is 9.47 Å². The normalized spacial score (nSPS) is 9.70. The number of unbranched alkanes of at least 4 members (excludes halogenated alkanes) is 1. The predicted molar refractivity (Wildman–Crippen MR) is 102 cm³/mol. The Morgan fingerprint density at radius 1 is 0.741 bits per heavy atom. The molecule has 0 atom stereocenters. The molecule has 0 radical (unpaired) electrons. The monoisotopic (exact) mass is 374 g/mol. The summed E-state index contributed by atoms with van der Waals surface area (Å²) in [6.45, 7) is 4.72. The van der Waals surface area contributed by atoms with E-state index in [0.29, 0.717) is 13.2 Å². The Bertz CT molecular complexity index is 726. The van der Waals surface area contributed by atoms with Gasteiger partial charge in [0.05, 0.1) is 13.2 Å². The summed E-state index contributed by atoms with van der Waals surface area (Å²) >= 11 is 0. The Balaban J connectivity index is 0.000000271. The second kappa shape index (κ2) is 12.4. The van der Waals surface area contributed by atoms with E-state index in [-0.39, 0.29) is 22.6 Å². The Kier molecular flexibility index (Phi) is 10.1. The zero-order chi connectivity index (χ0) is 20.1. The summed E-state index contributed by atoms with van der Waals surface area (Å²) in [6, 6.07) is 12.7. The molecule has 2 aromatic rings. The minimum Gasteiger partial charge on any atom is -0.507 e. The summed E-state index contributed by atoms with van der Waals surface area (Å²) in [7, 11) is 0. The van der Waals surface area contributed by atoms with Gasteiger partial charge < -0.3 is 19.7 Å². The van der Waals surface area contributed by atoms with Crippen LogP contribution in [0, 0.1) is 0 Å². The standard InChI is InChI=1S/C11H14O3.C10H12O3/c1-2-3-8-14-11(13)9-6-4-5-7-10(9)12;1-2-7-13-10(12)8-5-3-4-6-9(8)11/h4-7,12H,2-3,8H2,1H3;3-6,11H,2,7H2,1H3. The molecule has 2 aromatic carbocycles. The summed E-state index contributed by atoms with van der Waals surface area (Å²) in [5, 5.41) is 18.6. The summed E-state index contributed by atoms with van der Waals surface area (Å²) in [4.78, 5) is 22.6. The molecule has 0 heterocycles. The van der Waals surface area contributed by atoms with Crippen LogP contribution in [0.4, 0.5) is 0 Å². The lowest BCUT2D eigenvalue weighted by Gasteiger charge is -2.04. The van der Waals surface area contributed by atoms with Crippen molar-refractivity contribution < 1.29 is 29.3 Å². The number of esters is 2. The number of benzene rings is 2. The molecule has 0 saturated carbocycles. The van der Waals surface area contributed by atoms with Gasteiger partial charge in [-0.25, -0.2) is 9.59 Å². The van der Waals surface area contributed by atoms with Crippen LogP contribution in [0.3, 0.4) is 0 Å². The van der Waals surface area contributed by atoms with Gasteiger partial charge >= 0.3 is 11.9 Å². The topological polar surface area (TPSA) is 93.1 Å². The van der Waals surface area contributed by atoms with Crippen molar-refractivity contribution in [2.24, 2.45) is 0 Å². The molecule has 0 aliphatic carbocycles. The highest BCUT2D eigenvalue weighted by Crippen LogP contribution is 2.17. The first-order valence-corrected chi connectivity index (χ1v) is 8.91. The maximum absolute atomic E-state index is 11.4. The number of carbonyl (C=O) groups excluding carboxylic acids is 2. The predicted octanol–water partition coefficient (Wildman–Crippen LogP) is 4.31. The van der Waals surface area contributed by atoms with Crippen molar-refractivity contribution in [1.82, 2.24) is 0 Å². The third-order valence-corrected chi connectivity index (χ3v) is 3.42. The lowest BCUT2D eigenvalue weighted by Crippen LogP contribution is -2.06. The van der Waals surface area contributed by atoms with Crippen LogP contribution in [0.15, 0.2) is 48.5 Å². The lowest BCUT2D eigenvalue weighted by molar-refractivity contribution is 0.0489. The van der Waals surface area contributed by atoms with E-state index in [4.69, 9.17) is 9.47 Å². The van der Waals surface area contributed by atoms with Gasteiger partial charge in [-0.2, -0.15) is 0 Å². The van der Waals surface area contributed by atoms with Crippen molar-refractivity contribution in [2.45, 2.75) is 33.1 Å². The summed E-state index contributed by atoms with van der Waals surface area (Å²) < 4.78 is 9.81. The van der Waals surface area contributed by atoms with Gasteiger partial charge in [-0.05, 0) is 37.1 Å². The van der Waals surface area contributed by atoms with Crippen molar-refractivity contribution in [1.29, 1.82) is 0 Å². The number of hydrogen-bond donors (Lipinski definition) is 2. The minimum absolute atomic E-state index is 0.0333. The maximum atomic E-state index is 11.4. The largest absolute Gasteiger partial charge is 0.507 e. The summed E-state index contributed by atoms with van der Waals surface area (Å²) in [5.41, 5.74) is 0.444. The molecule has 0 aromatic heterocycles. The smallest absolute Gasteiger partial charge is 0.341 e. The number of phenolic OH excluding ortho intramolecular Hbond substituents is 2. The molecule has 2 N–H and O–H groups in total. The number of hydrogen-bond acceptors (Lipinski definition) is 6. The first-order valence-electron chi connectivity index (χ1n) is 8.91. The number of aromatic hydroxyl groups is 2. The third kappa shape index (κ3) is 7.81. The van der Waals surface area contributed by atoms with Gasteiger partial charge in [-0.15, -0.1) is 0 Å². The molecule has 2 rings (SSSR count). The van der Waals surface area contributed by atoms with Crippen LogP contribution in [0.5, 0.6) is 11.5 Å². The van der Waals surface area contributed by atoms with Gasteiger partial charge in [0.2, 0.25) is 0 Å². The van der Waals surface area contributed by atoms with Crippen LogP contribution >= 0.6 is 0 Å². The van der Waals surface area contributed by atoms with E-state index in [1.807, 2.05) is 13.8 Å². The van der Waals surface area contributed by atoms with Crippen molar-refractivity contribution in [3.05, 3.63) is 59.7 Å². The fraction of sp³-hybridized carbons (Fsp3) is 0.333. The van der Waals surface area contributed by atoms with E-state index in [1.54, 1.807) is 30.3 Å². The van der Waals surface area contributed by atoms with Crippen molar-refractivity contribution in [2.75, 3.05) is 13.2 Å². The second-order valence-electron chi connectivity index (χ2n) is 5.66. The average Bonchev–Trinajstić information content (AvgIpc) is 2.67. The molecule has 0 bridgehead atoms. The highest BCUT2D eigenvalue weighted by atomic mass is 16.5. The zero-order valence-corrected chi connectivity index (χ0v) is 15.7. The van der Waals surface area contributed by atoms with Crippen molar-refractivity contribution in [3.63, 3.8) is 0 Å². The van der Waals surface area contributed by atoms with Crippen LogP contribution in [0.2, 0.25) is 0 Å². The van der Waals surface area contributed by atoms with E-state index in [0.717, 1.165) is 19.3 Å². The maximum Gasteiger partial charge on any atom is 0.341 e.